The Kier molecular flexibility index (Phi) is 28.5. The summed E-state index contributed by atoms with van der Waals surface area (Å²) in [6.45, 7) is 31.0. The van der Waals surface area contributed by atoms with Crippen molar-refractivity contribution in [2.75, 3.05) is 139 Å². The third-order valence-corrected chi connectivity index (χ3v) is 30.0. The first-order valence-corrected chi connectivity index (χ1v) is 47.6. The molecule has 6 atom stereocenters. The fourth-order valence-corrected chi connectivity index (χ4v) is 20.4. The van der Waals surface area contributed by atoms with Gasteiger partial charge in [0, 0.05) is 128 Å². The summed E-state index contributed by atoms with van der Waals surface area (Å²) < 4.78 is 126. The lowest BCUT2D eigenvalue weighted by Crippen LogP contribution is -2.54. The van der Waals surface area contributed by atoms with E-state index < -0.39 is 58.5 Å². The first kappa shape index (κ1) is 89.6. The van der Waals surface area contributed by atoms with Gasteiger partial charge in [-0.15, -0.1) is 0 Å². The standard InChI is InChI=1S/C27H34Cl2F3N7O2S.C27H37Cl2N7O2S.C25H33Cl2N7O2S/c1-16(2)42(40,41)34-8-10-37-9-4-5-18(13-37)19-14-38(15-19)23-12-33-24-25(27(30,31)32)36-39(26(24)35-23)17(3)21-7-6-20(28)11-22(21)29;1-17(2)39(37,38)31-9-11-34-10-5-6-20(14-34)21-15-35(16-21)25-13-30-26-18(3)33-36(27(26)32-25)19(4)23-8-7-22(28)12-24(23)29;1-16-24-25(34(31-16)17(2)21-7-6-20(26)11-22(21)27)30-23(12-28-24)33-14-19(15-33)18-5-4-9-32(13-18)10-8-29-37(3,35)36/h6-7,11-12,16-19,34H,4-5,8-10,13-15H2,1-3H3;7-8,12-13,17,19-21,31H,5-6,9-11,14-16H2,1-4H3;6-7,11-12,17-19,29H,4-5,8-10,13-15H2,1-3H3. The van der Waals surface area contributed by atoms with E-state index in [-0.39, 0.29) is 23.2 Å². The fourth-order valence-electron chi connectivity index (χ4n) is 16.8. The summed E-state index contributed by atoms with van der Waals surface area (Å²) in [5, 5.41) is 15.7. The SMILES string of the molecule is CC(c1ccc(Cl)cc1Cl)n1nc(C(F)(F)F)c2ncc(N3CC(C4CCCN(CCNS(=O)(=O)C(C)C)C4)C3)nc21.Cc1nn(C(C)c2ccc(Cl)cc2Cl)c2nc(N3CC(C4CCCN(CCNS(=O)(=O)C(C)C)C4)C3)cnc12.Cc1nn(C(C)c2ccc(Cl)cc2Cl)c2nc(N3CC(C4CCCN(CCNS(C)(=O)=O)C4)C3)cnc12. The Morgan fingerprint density at radius 1 is 0.432 bits per heavy atom. The molecule has 27 nitrogen and oxygen atoms in total. The highest BCUT2D eigenvalue weighted by atomic mass is 35.5. The molecule has 0 aliphatic carbocycles. The van der Waals surface area contributed by atoms with E-state index in [1.165, 1.54) is 30.0 Å². The van der Waals surface area contributed by atoms with Gasteiger partial charge in [-0.3, -0.25) is 0 Å². The Labute approximate surface area is 718 Å². The lowest BCUT2D eigenvalue weighted by Gasteiger charge is -2.47. The smallest absolute Gasteiger partial charge is 0.355 e. The number of anilines is 3. The number of nitrogens with one attached hydrogen (secondary N) is 3. The molecule has 6 aliphatic heterocycles. The molecule has 0 amide bonds. The van der Waals surface area contributed by atoms with Crippen molar-refractivity contribution in [3.05, 3.63) is 137 Å². The normalized spacial score (nSPS) is 20.1. The van der Waals surface area contributed by atoms with Crippen LogP contribution in [-0.4, -0.2) is 234 Å². The van der Waals surface area contributed by atoms with E-state index in [0.29, 0.717) is 103 Å². The number of hydrogen-bond acceptors (Lipinski definition) is 21. The molecule has 0 spiro atoms. The van der Waals surface area contributed by atoms with Crippen molar-refractivity contribution in [3.63, 3.8) is 0 Å². The molecule has 6 aliphatic rings. The molecule has 0 bridgehead atoms. The quantitative estimate of drug-likeness (QED) is 0.0454. The molecule has 0 saturated carbocycles. The number of hydrogen-bond donors (Lipinski definition) is 3. The highest BCUT2D eigenvalue weighted by Gasteiger charge is 2.43. The number of likely N-dealkylation sites (tertiary alicyclic amines) is 3. The van der Waals surface area contributed by atoms with Crippen LogP contribution in [0.25, 0.3) is 33.5 Å². The van der Waals surface area contributed by atoms with Crippen molar-refractivity contribution in [1.29, 1.82) is 0 Å². The average molecular weight is 1810 g/mol. The summed E-state index contributed by atoms with van der Waals surface area (Å²) in [5.74, 6) is 5.49. The second-order valence-electron chi connectivity index (χ2n) is 32.8. The van der Waals surface area contributed by atoms with Crippen molar-refractivity contribution in [1.82, 2.24) is 88.1 Å². The van der Waals surface area contributed by atoms with E-state index >= 15 is 0 Å². The summed E-state index contributed by atoms with van der Waals surface area (Å²) in [5.41, 5.74) is 5.82. The maximum Gasteiger partial charge on any atom is 0.437 e. The van der Waals surface area contributed by atoms with E-state index in [2.05, 4.69) is 67.6 Å². The predicted molar refractivity (Wildman–Crippen MR) is 463 cm³/mol. The second kappa shape index (κ2) is 37.5. The van der Waals surface area contributed by atoms with E-state index in [1.807, 2.05) is 64.8 Å². The Morgan fingerprint density at radius 3 is 1.04 bits per heavy atom. The predicted octanol–water partition coefficient (Wildman–Crippen LogP) is 13.5. The number of alkyl halides is 3. The van der Waals surface area contributed by atoms with Gasteiger partial charge in [-0.25, -0.2) is 83.4 Å². The number of piperidine rings is 3. The van der Waals surface area contributed by atoms with Gasteiger partial charge in [-0.05, 0) is 209 Å². The maximum atomic E-state index is 13.9. The number of benzene rings is 3. The molecule has 6 unspecified atom stereocenters. The molecule has 0 radical (unpaired) electrons. The molecule has 6 fully saturated rings. The highest BCUT2D eigenvalue weighted by molar-refractivity contribution is 7.90. The van der Waals surface area contributed by atoms with E-state index in [9.17, 15) is 38.4 Å². The van der Waals surface area contributed by atoms with Gasteiger partial charge in [0.15, 0.2) is 22.6 Å². The Balaban J connectivity index is 0.000000154. The largest absolute Gasteiger partial charge is 0.437 e. The molecule has 9 aromatic rings. The zero-order valence-corrected chi connectivity index (χ0v) is 74.9. The minimum Gasteiger partial charge on any atom is -0.355 e. The number of halogens is 9. The van der Waals surface area contributed by atoms with Crippen LogP contribution in [0.3, 0.4) is 0 Å². The lowest BCUT2D eigenvalue weighted by atomic mass is 9.80. The molecule has 39 heteroatoms. The van der Waals surface area contributed by atoms with Gasteiger partial charge in [0.05, 0.1) is 64.9 Å². The summed E-state index contributed by atoms with van der Waals surface area (Å²) in [6, 6.07) is 15.0. The molecule has 118 heavy (non-hydrogen) atoms. The molecule has 6 saturated heterocycles. The molecular formula is C79H104Cl6F3N21O6S3. The van der Waals surface area contributed by atoms with Crippen molar-refractivity contribution >= 4 is 151 Å². The summed E-state index contributed by atoms with van der Waals surface area (Å²) in [7, 11) is -9.65. The van der Waals surface area contributed by atoms with Gasteiger partial charge in [0.1, 0.15) is 34.0 Å². The van der Waals surface area contributed by atoms with Crippen LogP contribution in [0, 0.1) is 49.4 Å². The number of aryl methyl sites for hydroxylation is 2. The molecular weight excluding hydrogens is 1700 g/mol. The van der Waals surface area contributed by atoms with Crippen LogP contribution in [0.2, 0.25) is 30.1 Å². The van der Waals surface area contributed by atoms with Crippen LogP contribution in [0.5, 0.6) is 0 Å². The van der Waals surface area contributed by atoms with Crippen molar-refractivity contribution in [2.24, 2.45) is 35.5 Å². The number of nitrogens with zero attached hydrogens (tertiary/aromatic N) is 18. The average Bonchev–Trinajstić information content (AvgIpc) is 1.59. The first-order valence-electron chi connectivity index (χ1n) is 40.3. The van der Waals surface area contributed by atoms with Gasteiger partial charge in [0.2, 0.25) is 30.1 Å². The number of rotatable bonds is 26. The van der Waals surface area contributed by atoms with Crippen LogP contribution in [-0.2, 0) is 36.2 Å². The van der Waals surface area contributed by atoms with Crippen LogP contribution in [0.1, 0.15) is 139 Å². The summed E-state index contributed by atoms with van der Waals surface area (Å²) in [6.07, 6.45) is 8.42. The van der Waals surface area contributed by atoms with Gasteiger partial charge in [0.25, 0.3) is 0 Å². The molecule has 15 rings (SSSR count). The first-order chi connectivity index (χ1) is 55.9. The second-order valence-corrected chi connectivity index (χ2v) is 41.8. The van der Waals surface area contributed by atoms with E-state index in [4.69, 9.17) is 99.7 Å². The van der Waals surface area contributed by atoms with Gasteiger partial charge in [-0.1, -0.05) is 87.8 Å². The van der Waals surface area contributed by atoms with Crippen LogP contribution >= 0.6 is 69.6 Å². The maximum absolute atomic E-state index is 13.9. The topological polar surface area (TPSA) is 289 Å². The third kappa shape index (κ3) is 21.0. The van der Waals surface area contributed by atoms with Crippen LogP contribution in [0.15, 0.2) is 73.2 Å². The number of aromatic nitrogens is 12. The fraction of sp³-hybridized carbons (Fsp3) is 0.582. The van der Waals surface area contributed by atoms with Crippen molar-refractivity contribution < 1.29 is 38.4 Å². The van der Waals surface area contributed by atoms with Crippen LogP contribution in [0.4, 0.5) is 30.6 Å². The minimum absolute atomic E-state index is 0.0366. The summed E-state index contributed by atoms with van der Waals surface area (Å²) >= 11 is 37.6. The molecule has 3 N–H and O–H groups in total. The van der Waals surface area contributed by atoms with Crippen molar-refractivity contribution in [2.45, 2.75) is 136 Å². The zero-order valence-electron chi connectivity index (χ0n) is 67.9. The Bertz CT molecular complexity index is 5420. The van der Waals surface area contributed by atoms with Gasteiger partial charge in [-0.2, -0.15) is 28.5 Å². The molecule has 642 valence electrons. The minimum atomic E-state index is -4.70. The van der Waals surface area contributed by atoms with Crippen LogP contribution < -0.4 is 28.9 Å². The summed E-state index contributed by atoms with van der Waals surface area (Å²) in [4.78, 5) is 41.9. The lowest BCUT2D eigenvalue weighted by molar-refractivity contribution is -0.140. The van der Waals surface area contributed by atoms with Gasteiger partial charge >= 0.3 is 6.18 Å². The molecule has 6 aromatic heterocycles. The highest BCUT2D eigenvalue weighted by Crippen LogP contribution is 2.42. The number of fused-ring (bicyclic) bond motifs is 3. The monoisotopic (exact) mass is 1810 g/mol. The molecule has 12 heterocycles. The van der Waals surface area contributed by atoms with Crippen molar-refractivity contribution in [3.8, 4) is 0 Å². The zero-order chi connectivity index (χ0) is 84.6. The third-order valence-electron chi connectivity index (χ3n) is 23.9. The Hall–Kier alpha value is -6.15. The van der Waals surface area contributed by atoms with Gasteiger partial charge < -0.3 is 29.4 Å². The Morgan fingerprint density at radius 2 is 0.737 bits per heavy atom. The van der Waals surface area contributed by atoms with E-state index in [0.717, 1.165) is 174 Å². The van der Waals surface area contributed by atoms with E-state index in [1.54, 1.807) is 65.0 Å². The number of sulfonamides is 3. The molecule has 3 aromatic carbocycles.